The van der Waals surface area contributed by atoms with Crippen molar-refractivity contribution in [1.29, 1.82) is 0 Å². The van der Waals surface area contributed by atoms with Crippen LogP contribution in [0.15, 0.2) is 12.3 Å². The van der Waals surface area contributed by atoms with Gasteiger partial charge in [-0.05, 0) is 23.6 Å². The quantitative estimate of drug-likeness (QED) is 0.589. The van der Waals surface area contributed by atoms with Crippen LogP contribution in [0.1, 0.15) is 13.3 Å². The molecule has 0 aliphatic carbocycles. The van der Waals surface area contributed by atoms with Crippen LogP contribution in [-0.4, -0.2) is 22.6 Å². The average molecular weight is 315 g/mol. The molecule has 2 rings (SSSR count). The van der Waals surface area contributed by atoms with Gasteiger partial charge in [-0.1, -0.05) is 19.4 Å². The minimum absolute atomic E-state index is 0. The molecule has 1 fully saturated rings. The summed E-state index contributed by atoms with van der Waals surface area (Å²) in [5.74, 6) is 1.56. The van der Waals surface area contributed by atoms with Crippen molar-refractivity contribution in [3.8, 4) is 0 Å². The van der Waals surface area contributed by atoms with Crippen LogP contribution in [-0.2, 0) is 32.7 Å². The van der Waals surface area contributed by atoms with E-state index in [1.54, 1.807) is 6.20 Å². The van der Waals surface area contributed by atoms with E-state index < -0.39 is 0 Å². The first-order valence-corrected chi connectivity index (χ1v) is 5.13. The van der Waals surface area contributed by atoms with Gasteiger partial charge >= 0.3 is 0 Å². The van der Waals surface area contributed by atoms with Gasteiger partial charge in [0, 0.05) is 45.5 Å². The summed E-state index contributed by atoms with van der Waals surface area (Å²) >= 11 is 5.74. The van der Waals surface area contributed by atoms with E-state index in [2.05, 4.69) is 28.7 Å². The Morgan fingerprint density at radius 1 is 1.56 bits per heavy atom. The monoisotopic (exact) mass is 314 g/mol. The Labute approximate surface area is 128 Å². The standard InChI is InChI=1S/C10H13ClN3.CH3.Y/c1-7-5-8(2)14(6-7)9-3-4-12-10(11)13-9;;/h3-4,7-8H,2,5-6H2,1H3;1H3;/q2*-1;. The number of hydrogen-bond donors (Lipinski definition) is 0. The van der Waals surface area contributed by atoms with Gasteiger partial charge < -0.3 is 19.3 Å². The van der Waals surface area contributed by atoms with Gasteiger partial charge in [0.15, 0.2) is 0 Å². The third-order valence-electron chi connectivity index (χ3n) is 2.53. The normalized spacial score (nSPS) is 23.6. The molecule has 5 heteroatoms. The molecular formula is C11H16ClN3Y-2. The van der Waals surface area contributed by atoms with Crippen molar-refractivity contribution in [3.63, 3.8) is 0 Å². The van der Waals surface area contributed by atoms with E-state index in [1.807, 2.05) is 6.07 Å². The van der Waals surface area contributed by atoms with E-state index in [0.29, 0.717) is 17.2 Å². The second-order valence-corrected chi connectivity index (χ2v) is 4.17. The van der Waals surface area contributed by atoms with Gasteiger partial charge in [-0.25, -0.2) is 9.97 Å². The molecule has 3 nitrogen and oxygen atoms in total. The molecular weight excluding hydrogens is 299 g/mol. The topological polar surface area (TPSA) is 29.0 Å². The second kappa shape index (κ2) is 6.88. The Morgan fingerprint density at radius 2 is 2.25 bits per heavy atom. The van der Waals surface area contributed by atoms with Crippen molar-refractivity contribution >= 4 is 17.4 Å². The molecule has 0 amide bonds. The van der Waals surface area contributed by atoms with Crippen LogP contribution in [0.3, 0.4) is 0 Å². The smallest absolute Gasteiger partial charge is 0.224 e. The number of rotatable bonds is 1. The first kappa shape index (κ1) is 16.3. The Morgan fingerprint density at radius 3 is 2.75 bits per heavy atom. The summed E-state index contributed by atoms with van der Waals surface area (Å²) in [5.41, 5.74) is 0. The number of aromatic nitrogens is 2. The summed E-state index contributed by atoms with van der Waals surface area (Å²) in [5, 5.41) is 0.300. The summed E-state index contributed by atoms with van der Waals surface area (Å²) in [4.78, 5) is 10.2. The number of nitrogens with zero attached hydrogens (tertiary/aromatic N) is 3. The van der Waals surface area contributed by atoms with Gasteiger partial charge in [0.1, 0.15) is 5.82 Å². The Hall–Kier alpha value is 0.274. The zero-order valence-corrected chi connectivity index (χ0v) is 13.3. The summed E-state index contributed by atoms with van der Waals surface area (Å²) in [6, 6.07) is 2.18. The zero-order valence-electron chi connectivity index (χ0n) is 9.73. The van der Waals surface area contributed by atoms with Crippen LogP contribution in [0.2, 0.25) is 5.28 Å². The fourth-order valence-electron chi connectivity index (χ4n) is 1.92. The molecule has 0 aromatic carbocycles. The Balaban J connectivity index is 0.00000112. The van der Waals surface area contributed by atoms with Gasteiger partial charge in [0.2, 0.25) is 5.28 Å². The molecule has 0 saturated carbocycles. The molecule has 1 aromatic heterocycles. The third-order valence-corrected chi connectivity index (χ3v) is 2.71. The van der Waals surface area contributed by atoms with E-state index in [-0.39, 0.29) is 40.1 Å². The predicted octanol–water partition coefficient (Wildman–Crippen LogP) is 2.63. The molecule has 1 aliphatic heterocycles. The molecule has 0 bridgehead atoms. The van der Waals surface area contributed by atoms with Crippen molar-refractivity contribution in [2.45, 2.75) is 19.4 Å². The molecule has 1 aromatic rings. The second-order valence-electron chi connectivity index (χ2n) is 3.83. The SMILES string of the molecule is [CH2-]C1CC(C)CN1c1ccnc(Cl)n1.[CH3-].[Y]. The van der Waals surface area contributed by atoms with Gasteiger partial charge in [-0.2, -0.15) is 0 Å². The maximum absolute atomic E-state index is 5.74. The zero-order chi connectivity index (χ0) is 10.1. The maximum Gasteiger partial charge on any atom is 0.224 e. The van der Waals surface area contributed by atoms with Crippen molar-refractivity contribution in [2.24, 2.45) is 5.92 Å². The van der Waals surface area contributed by atoms with Crippen LogP contribution in [0.25, 0.3) is 0 Å². The van der Waals surface area contributed by atoms with Gasteiger partial charge in [0.05, 0.1) is 0 Å². The van der Waals surface area contributed by atoms with Crippen molar-refractivity contribution in [2.75, 3.05) is 11.4 Å². The van der Waals surface area contributed by atoms with Gasteiger partial charge in [-0.15, -0.1) is 0 Å². The fraction of sp³-hybridized carbons (Fsp3) is 0.455. The van der Waals surface area contributed by atoms with Gasteiger partial charge in [0.25, 0.3) is 0 Å². The fourth-order valence-corrected chi connectivity index (χ4v) is 2.06. The minimum atomic E-state index is 0. The van der Waals surface area contributed by atoms with E-state index in [9.17, 15) is 0 Å². The first-order valence-electron chi connectivity index (χ1n) is 4.75. The molecule has 2 atom stereocenters. The van der Waals surface area contributed by atoms with Crippen LogP contribution < -0.4 is 4.90 Å². The van der Waals surface area contributed by atoms with E-state index in [4.69, 9.17) is 11.6 Å². The third kappa shape index (κ3) is 3.64. The van der Waals surface area contributed by atoms with Crippen LogP contribution >= 0.6 is 11.6 Å². The Kier molecular flexibility index (Phi) is 6.99. The molecule has 16 heavy (non-hydrogen) atoms. The largest absolute Gasteiger partial charge is 0.383 e. The first-order chi connectivity index (χ1) is 6.66. The van der Waals surface area contributed by atoms with Crippen LogP contribution in [0, 0.1) is 20.3 Å². The molecule has 2 heterocycles. The Bertz CT molecular complexity index is 335. The maximum atomic E-state index is 5.74. The summed E-state index contributed by atoms with van der Waals surface area (Å²) < 4.78 is 0. The minimum Gasteiger partial charge on any atom is -0.383 e. The van der Waals surface area contributed by atoms with E-state index in [1.165, 1.54) is 0 Å². The summed E-state index contributed by atoms with van der Waals surface area (Å²) in [6.07, 6.45) is 2.79. The molecule has 0 N–H and O–H groups in total. The van der Waals surface area contributed by atoms with Gasteiger partial charge in [-0.3, -0.25) is 0 Å². The number of halogens is 1. The molecule has 0 spiro atoms. The van der Waals surface area contributed by atoms with Crippen molar-refractivity contribution in [1.82, 2.24) is 9.97 Å². The van der Waals surface area contributed by atoms with Crippen molar-refractivity contribution < 1.29 is 32.7 Å². The van der Waals surface area contributed by atoms with E-state index in [0.717, 1.165) is 18.8 Å². The van der Waals surface area contributed by atoms with Crippen molar-refractivity contribution in [3.05, 3.63) is 31.9 Å². The average Bonchev–Trinajstić information content (AvgIpc) is 2.45. The van der Waals surface area contributed by atoms with Crippen LogP contribution in [0.5, 0.6) is 0 Å². The predicted molar refractivity (Wildman–Crippen MR) is 63.7 cm³/mol. The van der Waals surface area contributed by atoms with E-state index >= 15 is 0 Å². The van der Waals surface area contributed by atoms with Crippen LogP contribution in [0.4, 0.5) is 5.82 Å². The summed E-state index contributed by atoms with van der Waals surface area (Å²) in [6.45, 7) is 7.32. The molecule has 1 aliphatic rings. The summed E-state index contributed by atoms with van der Waals surface area (Å²) in [7, 11) is 0. The molecule has 1 radical (unpaired) electrons. The number of anilines is 1. The molecule has 1 saturated heterocycles. The number of hydrogen-bond acceptors (Lipinski definition) is 3. The molecule has 87 valence electrons. The molecule has 2 unspecified atom stereocenters.